The maximum Gasteiger partial charge on any atom is 0.186 e. The highest BCUT2D eigenvalue weighted by Crippen LogP contribution is 2.35. The Labute approximate surface area is 109 Å². The molecule has 0 unspecified atom stereocenters. The number of thiazole rings is 1. The number of carbonyl (C=O) groups excluding carboxylic acids is 1. The molecule has 0 aliphatic heterocycles. The van der Waals surface area contributed by atoms with Gasteiger partial charge in [0.15, 0.2) is 10.9 Å². The van der Waals surface area contributed by atoms with Crippen molar-refractivity contribution in [3.63, 3.8) is 0 Å². The van der Waals surface area contributed by atoms with Crippen LogP contribution in [-0.4, -0.2) is 24.9 Å². The van der Waals surface area contributed by atoms with Gasteiger partial charge >= 0.3 is 0 Å². The van der Waals surface area contributed by atoms with Crippen LogP contribution in [0.5, 0.6) is 0 Å². The zero-order valence-electron chi connectivity index (χ0n) is 10.4. The first kappa shape index (κ1) is 12.7. The van der Waals surface area contributed by atoms with E-state index < -0.39 is 0 Å². The highest BCUT2D eigenvalue weighted by Gasteiger charge is 2.19. The van der Waals surface area contributed by atoms with Gasteiger partial charge in [0.2, 0.25) is 0 Å². The molecular formula is C13H13FN2OS. The van der Waals surface area contributed by atoms with E-state index in [0.29, 0.717) is 21.3 Å². The molecule has 0 amide bonds. The van der Waals surface area contributed by atoms with E-state index in [2.05, 4.69) is 4.98 Å². The normalized spacial score (nSPS) is 10.4. The van der Waals surface area contributed by atoms with Crippen molar-refractivity contribution in [2.24, 2.45) is 0 Å². The van der Waals surface area contributed by atoms with Gasteiger partial charge in [-0.05, 0) is 6.07 Å². The average molecular weight is 264 g/mol. The van der Waals surface area contributed by atoms with Crippen LogP contribution in [0.1, 0.15) is 17.4 Å². The molecule has 0 saturated heterocycles. The topological polar surface area (TPSA) is 33.2 Å². The number of nitrogens with zero attached hydrogens (tertiary/aromatic N) is 2. The first-order valence-electron chi connectivity index (χ1n) is 5.44. The average Bonchev–Trinajstić information content (AvgIpc) is 2.74. The second-order valence-electron chi connectivity index (χ2n) is 4.10. The predicted octanol–water partition coefficient (Wildman–Crippen LogP) is 3.22. The summed E-state index contributed by atoms with van der Waals surface area (Å²) < 4.78 is 13.8. The van der Waals surface area contributed by atoms with Gasteiger partial charge in [-0.15, -0.1) is 0 Å². The molecule has 2 rings (SSSR count). The van der Waals surface area contributed by atoms with Gasteiger partial charge in [0.25, 0.3) is 0 Å². The highest BCUT2D eigenvalue weighted by molar-refractivity contribution is 7.19. The number of carbonyl (C=O) groups is 1. The second kappa shape index (κ2) is 4.86. The Morgan fingerprint density at radius 2 is 2.00 bits per heavy atom. The number of ketones is 1. The van der Waals surface area contributed by atoms with Crippen LogP contribution in [-0.2, 0) is 0 Å². The van der Waals surface area contributed by atoms with Crippen molar-refractivity contribution in [3.05, 3.63) is 35.8 Å². The number of rotatable bonds is 3. The van der Waals surface area contributed by atoms with E-state index in [1.807, 2.05) is 14.1 Å². The lowest BCUT2D eigenvalue weighted by Gasteiger charge is -2.05. The molecule has 0 saturated carbocycles. The summed E-state index contributed by atoms with van der Waals surface area (Å²) in [6.45, 7) is 1.44. The van der Waals surface area contributed by atoms with Gasteiger partial charge in [-0.3, -0.25) is 4.79 Å². The number of hydrogen-bond acceptors (Lipinski definition) is 4. The molecule has 2 aromatic rings. The molecule has 3 nitrogen and oxygen atoms in total. The molecule has 0 radical (unpaired) electrons. The third kappa shape index (κ3) is 2.26. The van der Waals surface area contributed by atoms with Crippen molar-refractivity contribution < 1.29 is 9.18 Å². The molecule has 94 valence electrons. The molecule has 1 aromatic heterocycles. The number of benzene rings is 1. The van der Waals surface area contributed by atoms with Crippen LogP contribution in [0.25, 0.3) is 10.4 Å². The predicted molar refractivity (Wildman–Crippen MR) is 71.8 cm³/mol. The molecule has 1 heterocycles. The summed E-state index contributed by atoms with van der Waals surface area (Å²) in [6, 6.07) is 6.42. The minimum absolute atomic E-state index is 0.155. The second-order valence-corrected chi connectivity index (χ2v) is 5.08. The van der Waals surface area contributed by atoms with Crippen LogP contribution < -0.4 is 4.90 Å². The Balaban J connectivity index is 2.63. The van der Waals surface area contributed by atoms with Crippen molar-refractivity contribution in [2.75, 3.05) is 19.0 Å². The van der Waals surface area contributed by atoms with E-state index in [9.17, 15) is 9.18 Å². The monoisotopic (exact) mass is 264 g/mol. The van der Waals surface area contributed by atoms with Crippen molar-refractivity contribution >= 4 is 22.3 Å². The first-order valence-corrected chi connectivity index (χ1v) is 6.26. The molecular weight excluding hydrogens is 251 g/mol. The summed E-state index contributed by atoms with van der Waals surface area (Å²) in [5.41, 5.74) is 0.752. The molecule has 0 fully saturated rings. The fourth-order valence-electron chi connectivity index (χ4n) is 1.57. The number of halogens is 1. The Hall–Kier alpha value is -1.75. The number of aromatic nitrogens is 1. The van der Waals surface area contributed by atoms with Gasteiger partial charge in [-0.1, -0.05) is 29.5 Å². The van der Waals surface area contributed by atoms with Crippen LogP contribution in [0.3, 0.4) is 0 Å². The van der Waals surface area contributed by atoms with Gasteiger partial charge in [0.05, 0.1) is 4.88 Å². The molecule has 1 aromatic carbocycles. The van der Waals surface area contributed by atoms with Crippen molar-refractivity contribution in [2.45, 2.75) is 6.92 Å². The van der Waals surface area contributed by atoms with Crippen LogP contribution in [0.15, 0.2) is 24.3 Å². The zero-order valence-corrected chi connectivity index (χ0v) is 11.2. The van der Waals surface area contributed by atoms with Gasteiger partial charge in [0, 0.05) is 26.6 Å². The lowest BCUT2D eigenvalue weighted by atomic mass is 10.1. The standard InChI is InChI=1S/C13H13FN2OS/c1-8(17)11-12(18-13(15-11)16(2)3)9-6-4-5-7-10(9)14/h4-7H,1-3H3. The summed E-state index contributed by atoms with van der Waals surface area (Å²) in [6.07, 6.45) is 0. The van der Waals surface area contributed by atoms with Gasteiger partial charge in [-0.2, -0.15) is 0 Å². The number of hydrogen-bond donors (Lipinski definition) is 0. The van der Waals surface area contributed by atoms with Crippen molar-refractivity contribution in [3.8, 4) is 10.4 Å². The van der Waals surface area contributed by atoms with E-state index in [4.69, 9.17) is 0 Å². The van der Waals surface area contributed by atoms with E-state index >= 15 is 0 Å². The summed E-state index contributed by atoms with van der Waals surface area (Å²) in [7, 11) is 3.68. The Morgan fingerprint density at radius 1 is 1.33 bits per heavy atom. The fourth-order valence-corrected chi connectivity index (χ4v) is 2.63. The van der Waals surface area contributed by atoms with Crippen molar-refractivity contribution in [1.82, 2.24) is 4.98 Å². The van der Waals surface area contributed by atoms with E-state index in [0.717, 1.165) is 0 Å². The summed E-state index contributed by atoms with van der Waals surface area (Å²) in [5.74, 6) is -0.494. The quantitative estimate of drug-likeness (QED) is 0.798. The molecule has 0 N–H and O–H groups in total. The fraction of sp³-hybridized carbons (Fsp3) is 0.231. The van der Waals surface area contributed by atoms with Crippen molar-refractivity contribution in [1.29, 1.82) is 0 Å². The van der Waals surface area contributed by atoms with Gasteiger partial charge in [-0.25, -0.2) is 9.37 Å². The molecule has 18 heavy (non-hydrogen) atoms. The molecule has 0 aliphatic rings. The first-order chi connectivity index (χ1) is 8.50. The number of Topliss-reactive ketones (excluding diaryl/α,β-unsaturated/α-hetero) is 1. The maximum atomic E-state index is 13.8. The molecule has 0 spiro atoms. The number of anilines is 1. The summed E-state index contributed by atoms with van der Waals surface area (Å²) >= 11 is 1.32. The van der Waals surface area contributed by atoms with E-state index in [1.165, 1.54) is 24.3 Å². The third-order valence-electron chi connectivity index (χ3n) is 2.45. The smallest absolute Gasteiger partial charge is 0.186 e. The van der Waals surface area contributed by atoms with Gasteiger partial charge < -0.3 is 4.90 Å². The van der Waals surface area contributed by atoms with Gasteiger partial charge in [0.1, 0.15) is 11.5 Å². The SMILES string of the molecule is CC(=O)c1nc(N(C)C)sc1-c1ccccc1F. The maximum absolute atomic E-state index is 13.8. The summed E-state index contributed by atoms with van der Waals surface area (Å²) in [5, 5.41) is 0.693. The Kier molecular flexibility index (Phi) is 3.43. The molecule has 0 bridgehead atoms. The molecule has 0 atom stereocenters. The highest BCUT2D eigenvalue weighted by atomic mass is 32.1. The Morgan fingerprint density at radius 3 is 2.56 bits per heavy atom. The van der Waals surface area contributed by atoms with Crippen LogP contribution >= 0.6 is 11.3 Å². The third-order valence-corrected chi connectivity index (χ3v) is 3.71. The molecule has 0 aliphatic carbocycles. The lowest BCUT2D eigenvalue weighted by molar-refractivity contribution is 0.101. The van der Waals surface area contributed by atoms with E-state index in [1.54, 1.807) is 23.1 Å². The molecule has 5 heteroatoms. The van der Waals surface area contributed by atoms with Crippen LogP contribution in [0.4, 0.5) is 9.52 Å². The minimum atomic E-state index is -0.339. The van der Waals surface area contributed by atoms with Crippen LogP contribution in [0, 0.1) is 5.82 Å². The minimum Gasteiger partial charge on any atom is -0.354 e. The largest absolute Gasteiger partial charge is 0.354 e. The lowest BCUT2D eigenvalue weighted by Crippen LogP contribution is -2.08. The summed E-state index contributed by atoms with van der Waals surface area (Å²) in [4.78, 5) is 18.2. The van der Waals surface area contributed by atoms with E-state index in [-0.39, 0.29) is 11.6 Å². The zero-order chi connectivity index (χ0) is 13.3. The van der Waals surface area contributed by atoms with Crippen LogP contribution in [0.2, 0.25) is 0 Å². The Bertz CT molecular complexity index is 592.